The summed E-state index contributed by atoms with van der Waals surface area (Å²) in [4.78, 5) is 2.11. The van der Waals surface area contributed by atoms with E-state index in [2.05, 4.69) is 4.90 Å². The zero-order valence-electron chi connectivity index (χ0n) is 21.9. The van der Waals surface area contributed by atoms with Crippen molar-refractivity contribution >= 4 is 0 Å². The first-order valence-electron chi connectivity index (χ1n) is 12.3. The van der Waals surface area contributed by atoms with Crippen molar-refractivity contribution in [3.8, 4) is 17.3 Å². The average Bonchev–Trinajstić information content (AvgIpc) is 3.19. The van der Waals surface area contributed by atoms with Crippen LogP contribution in [0.15, 0.2) is 54.6 Å². The van der Waals surface area contributed by atoms with Gasteiger partial charge in [0.2, 0.25) is 5.88 Å². The minimum absolute atomic E-state index is 0.232. The van der Waals surface area contributed by atoms with Gasteiger partial charge in [0.05, 0.1) is 41.9 Å². The number of aliphatic hydroxyl groups excluding tert-OH is 1. The molecular formula is C28H38FN3O4. The smallest absolute Gasteiger partial charge is 0.227 e. The Hall–Kier alpha value is -2.78. The van der Waals surface area contributed by atoms with Gasteiger partial charge in [0.25, 0.3) is 0 Å². The number of rotatable bonds is 13. The quantitative estimate of drug-likeness (QED) is 0.357. The summed E-state index contributed by atoms with van der Waals surface area (Å²) in [7, 11) is 1.66. The molecule has 0 saturated carbocycles. The van der Waals surface area contributed by atoms with Crippen molar-refractivity contribution in [1.29, 1.82) is 0 Å². The van der Waals surface area contributed by atoms with Gasteiger partial charge in [-0.2, -0.15) is 5.10 Å². The van der Waals surface area contributed by atoms with Crippen LogP contribution in [0.1, 0.15) is 39.0 Å². The van der Waals surface area contributed by atoms with Gasteiger partial charge in [-0.25, -0.2) is 9.07 Å². The van der Waals surface area contributed by atoms with Crippen LogP contribution in [0.3, 0.4) is 0 Å². The first-order valence-corrected chi connectivity index (χ1v) is 12.3. The molecule has 0 bridgehead atoms. The Balaban J connectivity index is 1.95. The molecule has 7 nitrogen and oxygen atoms in total. The van der Waals surface area contributed by atoms with Gasteiger partial charge in [-0.3, -0.25) is 4.90 Å². The summed E-state index contributed by atoms with van der Waals surface area (Å²) in [5.74, 6) is 0.748. The van der Waals surface area contributed by atoms with Crippen molar-refractivity contribution in [2.45, 2.75) is 52.4 Å². The van der Waals surface area contributed by atoms with Gasteiger partial charge in [0, 0.05) is 26.7 Å². The number of nitrogens with zero attached hydrogens (tertiary/aromatic N) is 3. The lowest BCUT2D eigenvalue weighted by Crippen LogP contribution is -2.38. The van der Waals surface area contributed by atoms with E-state index in [1.165, 1.54) is 12.1 Å². The second-order valence-electron chi connectivity index (χ2n) is 9.69. The molecule has 1 heterocycles. The zero-order chi connectivity index (χ0) is 26.1. The van der Waals surface area contributed by atoms with Crippen molar-refractivity contribution in [1.82, 2.24) is 14.7 Å². The van der Waals surface area contributed by atoms with Gasteiger partial charge < -0.3 is 19.3 Å². The molecule has 3 aromatic rings. The van der Waals surface area contributed by atoms with Crippen LogP contribution in [0.25, 0.3) is 5.69 Å². The van der Waals surface area contributed by atoms with Crippen molar-refractivity contribution < 1.29 is 23.7 Å². The van der Waals surface area contributed by atoms with Gasteiger partial charge in [-0.05, 0) is 63.6 Å². The molecule has 0 radical (unpaired) electrons. The Morgan fingerprint density at radius 2 is 1.78 bits per heavy atom. The molecule has 0 aliphatic rings. The van der Waals surface area contributed by atoms with Crippen LogP contribution in [-0.4, -0.2) is 64.9 Å². The highest BCUT2D eigenvalue weighted by Gasteiger charge is 2.24. The third kappa shape index (κ3) is 8.13. The van der Waals surface area contributed by atoms with Gasteiger partial charge in [0.1, 0.15) is 11.6 Å². The number of aliphatic hydroxyl groups is 1. The maximum atomic E-state index is 13.5. The summed E-state index contributed by atoms with van der Waals surface area (Å²) in [6, 6.07) is 15.7. The van der Waals surface area contributed by atoms with Gasteiger partial charge in [0.15, 0.2) is 0 Å². The van der Waals surface area contributed by atoms with E-state index in [0.717, 1.165) is 16.9 Å². The fourth-order valence-corrected chi connectivity index (χ4v) is 3.76. The number of hydrogen-bond acceptors (Lipinski definition) is 6. The second kappa shape index (κ2) is 13.0. The Morgan fingerprint density at radius 3 is 2.39 bits per heavy atom. The van der Waals surface area contributed by atoms with Crippen LogP contribution in [0.2, 0.25) is 0 Å². The number of halogens is 1. The van der Waals surface area contributed by atoms with Crippen LogP contribution < -0.4 is 4.74 Å². The van der Waals surface area contributed by atoms with E-state index < -0.39 is 6.10 Å². The van der Waals surface area contributed by atoms with Crippen LogP contribution in [0.4, 0.5) is 4.39 Å². The minimum Gasteiger partial charge on any atom is -0.439 e. The first-order chi connectivity index (χ1) is 17.2. The molecule has 36 heavy (non-hydrogen) atoms. The van der Waals surface area contributed by atoms with Crippen LogP contribution in [0, 0.1) is 5.82 Å². The van der Waals surface area contributed by atoms with E-state index >= 15 is 0 Å². The summed E-state index contributed by atoms with van der Waals surface area (Å²) in [5.41, 5.74) is 2.32. The Morgan fingerprint density at radius 1 is 1.08 bits per heavy atom. The minimum atomic E-state index is -0.670. The molecule has 196 valence electrons. The van der Waals surface area contributed by atoms with Gasteiger partial charge in [-0.1, -0.05) is 25.1 Å². The molecule has 0 spiro atoms. The SMILES string of the molecule is CCc1nn(-c2ccccc2)c(Oc2ccc(F)cc2)c1CN(CCOC)C[C@@H](O)COC(C)(C)C. The number of hydrogen-bond donors (Lipinski definition) is 1. The van der Waals surface area contributed by atoms with Crippen molar-refractivity contribution in [2.24, 2.45) is 0 Å². The molecule has 0 aliphatic heterocycles. The molecular weight excluding hydrogens is 461 g/mol. The number of para-hydroxylation sites is 1. The summed E-state index contributed by atoms with van der Waals surface area (Å²) >= 11 is 0. The van der Waals surface area contributed by atoms with Crippen LogP contribution in [-0.2, 0) is 22.4 Å². The van der Waals surface area contributed by atoms with Crippen molar-refractivity contribution in [2.75, 3.05) is 33.4 Å². The Kier molecular flexibility index (Phi) is 10.0. The average molecular weight is 500 g/mol. The monoisotopic (exact) mass is 499 g/mol. The largest absolute Gasteiger partial charge is 0.439 e. The van der Waals surface area contributed by atoms with Crippen molar-refractivity contribution in [3.05, 3.63) is 71.7 Å². The fourth-order valence-electron chi connectivity index (χ4n) is 3.76. The Labute approximate surface area is 213 Å². The maximum absolute atomic E-state index is 13.5. The van der Waals surface area contributed by atoms with E-state index in [1.807, 2.05) is 58.0 Å². The van der Waals surface area contributed by atoms with Crippen LogP contribution in [0.5, 0.6) is 11.6 Å². The lowest BCUT2D eigenvalue weighted by molar-refractivity contribution is -0.0577. The summed E-state index contributed by atoms with van der Waals surface area (Å²) < 4.78 is 32.8. The van der Waals surface area contributed by atoms with E-state index in [-0.39, 0.29) is 18.0 Å². The topological polar surface area (TPSA) is 69.0 Å². The highest BCUT2D eigenvalue weighted by Crippen LogP contribution is 2.32. The number of methoxy groups -OCH3 is 1. The predicted molar refractivity (Wildman–Crippen MR) is 138 cm³/mol. The van der Waals surface area contributed by atoms with E-state index in [4.69, 9.17) is 19.3 Å². The predicted octanol–water partition coefficient (Wildman–Crippen LogP) is 4.99. The number of aryl methyl sites for hydroxylation is 1. The number of aromatic nitrogens is 2. The maximum Gasteiger partial charge on any atom is 0.227 e. The number of ether oxygens (including phenoxy) is 3. The third-order valence-electron chi connectivity index (χ3n) is 5.55. The molecule has 2 aromatic carbocycles. The molecule has 1 atom stereocenters. The molecule has 3 rings (SSSR count). The molecule has 0 fully saturated rings. The molecule has 0 unspecified atom stereocenters. The van der Waals surface area contributed by atoms with Gasteiger partial charge >= 0.3 is 0 Å². The summed E-state index contributed by atoms with van der Waals surface area (Å²) in [6.07, 6.45) is 0.0275. The number of benzene rings is 2. The van der Waals surface area contributed by atoms with Crippen LogP contribution >= 0.6 is 0 Å². The van der Waals surface area contributed by atoms with E-state index in [0.29, 0.717) is 44.3 Å². The van der Waals surface area contributed by atoms with Crippen molar-refractivity contribution in [3.63, 3.8) is 0 Å². The molecule has 1 aromatic heterocycles. The highest BCUT2D eigenvalue weighted by molar-refractivity contribution is 5.43. The summed E-state index contributed by atoms with van der Waals surface area (Å²) in [6.45, 7) is 10.2. The standard InChI is InChI=1S/C28H38FN3O4/c1-6-26-25(19-31(16-17-34-5)18-23(33)20-35-28(2,3)4)27(36-24-14-12-21(29)13-15-24)32(30-26)22-10-8-7-9-11-22/h7-15,23,33H,6,16-20H2,1-5H3/t23-/m1/s1. The normalized spacial score (nSPS) is 12.8. The molecule has 0 amide bonds. The van der Waals surface area contributed by atoms with Gasteiger partial charge in [-0.15, -0.1) is 0 Å². The highest BCUT2D eigenvalue weighted by atomic mass is 19.1. The third-order valence-corrected chi connectivity index (χ3v) is 5.55. The Bertz CT molecular complexity index is 1060. The first kappa shape index (κ1) is 27.8. The zero-order valence-corrected chi connectivity index (χ0v) is 21.9. The van der Waals surface area contributed by atoms with E-state index in [1.54, 1.807) is 23.9 Å². The molecule has 0 saturated heterocycles. The summed E-state index contributed by atoms with van der Waals surface area (Å²) in [5, 5.41) is 15.6. The second-order valence-corrected chi connectivity index (χ2v) is 9.69. The molecule has 0 aliphatic carbocycles. The van der Waals surface area contributed by atoms with E-state index in [9.17, 15) is 9.50 Å². The lowest BCUT2D eigenvalue weighted by atomic mass is 10.1. The fraction of sp³-hybridized carbons (Fsp3) is 0.464. The molecule has 8 heteroatoms. The molecule has 1 N–H and O–H groups in total. The lowest BCUT2D eigenvalue weighted by Gasteiger charge is -2.27.